The Labute approximate surface area is 162 Å². The number of amides is 1. The molecule has 0 bridgehead atoms. The van der Waals surface area contributed by atoms with E-state index in [4.69, 9.17) is 15.3 Å². The number of pyridine rings is 1. The number of nitrogens with zero attached hydrogens (tertiary/aromatic N) is 1. The third-order valence-electron chi connectivity index (χ3n) is 3.72. The van der Waals surface area contributed by atoms with Crippen LogP contribution in [-0.4, -0.2) is 17.7 Å². The monoisotopic (exact) mass is 381 g/mol. The summed E-state index contributed by atoms with van der Waals surface area (Å²) < 4.78 is 18.8. The van der Waals surface area contributed by atoms with Crippen LogP contribution in [0, 0.1) is 12.7 Å². The molecule has 0 aliphatic carbocycles. The van der Waals surface area contributed by atoms with Crippen molar-refractivity contribution in [2.75, 3.05) is 5.73 Å². The van der Waals surface area contributed by atoms with Crippen molar-refractivity contribution >= 4 is 18.5 Å². The Morgan fingerprint density at radius 1 is 1.11 bits per heavy atom. The summed E-state index contributed by atoms with van der Waals surface area (Å²) >= 11 is 0. The van der Waals surface area contributed by atoms with Crippen LogP contribution in [0.5, 0.6) is 11.5 Å². The fraction of sp³-hybridized carbons (Fsp3) is 0.0952. The molecule has 0 spiro atoms. The lowest BCUT2D eigenvalue weighted by Crippen LogP contribution is -2.24. The van der Waals surface area contributed by atoms with Gasteiger partial charge >= 0.3 is 0 Å². The van der Waals surface area contributed by atoms with Gasteiger partial charge in [-0.2, -0.15) is 0 Å². The molecule has 144 valence electrons. The molecule has 0 aliphatic rings. The zero-order valence-corrected chi connectivity index (χ0v) is 15.3. The average Bonchev–Trinajstić information content (AvgIpc) is 2.69. The molecule has 1 heterocycles. The van der Waals surface area contributed by atoms with Crippen molar-refractivity contribution in [1.82, 2.24) is 10.3 Å². The third kappa shape index (κ3) is 5.63. The van der Waals surface area contributed by atoms with Gasteiger partial charge in [0.2, 0.25) is 0 Å². The van der Waals surface area contributed by atoms with E-state index in [-0.39, 0.29) is 17.5 Å². The normalized spacial score (nSPS) is 9.79. The molecule has 0 saturated heterocycles. The second-order valence-corrected chi connectivity index (χ2v) is 5.77. The number of halogens is 1. The van der Waals surface area contributed by atoms with Crippen molar-refractivity contribution in [1.29, 1.82) is 0 Å². The van der Waals surface area contributed by atoms with Crippen molar-refractivity contribution in [3.05, 3.63) is 83.3 Å². The molecule has 0 saturated carbocycles. The number of benzene rings is 2. The molecule has 0 fully saturated rings. The molecule has 2 aromatic carbocycles. The highest BCUT2D eigenvalue weighted by Gasteiger charge is 2.10. The van der Waals surface area contributed by atoms with E-state index in [2.05, 4.69) is 10.3 Å². The Hall–Kier alpha value is -3.74. The minimum atomic E-state index is -0.355. The van der Waals surface area contributed by atoms with E-state index in [1.165, 1.54) is 12.1 Å². The van der Waals surface area contributed by atoms with E-state index in [1.807, 2.05) is 25.8 Å². The maximum atomic E-state index is 13.2. The van der Waals surface area contributed by atoms with Crippen LogP contribution >= 0.6 is 0 Å². The van der Waals surface area contributed by atoms with Gasteiger partial charge in [-0.25, -0.2) is 9.37 Å². The van der Waals surface area contributed by atoms with Crippen LogP contribution in [0.25, 0.3) is 0 Å². The molecule has 7 heteroatoms. The lowest BCUT2D eigenvalue weighted by atomic mass is 10.2. The molecule has 0 unspecified atom stereocenters. The molecule has 3 rings (SSSR count). The summed E-state index contributed by atoms with van der Waals surface area (Å²) in [6, 6.07) is 16.5. The first-order valence-electron chi connectivity index (χ1n) is 8.34. The number of anilines is 1. The van der Waals surface area contributed by atoms with Crippen LogP contribution in [0.15, 0.2) is 60.7 Å². The number of hydrogen-bond acceptors (Lipinski definition) is 5. The molecule has 1 aromatic heterocycles. The van der Waals surface area contributed by atoms with Crippen LogP contribution in [0.1, 0.15) is 21.6 Å². The van der Waals surface area contributed by atoms with Gasteiger partial charge in [0, 0.05) is 18.3 Å². The zero-order valence-electron chi connectivity index (χ0n) is 15.3. The van der Waals surface area contributed by atoms with Crippen LogP contribution in [0.3, 0.4) is 0 Å². The van der Waals surface area contributed by atoms with Gasteiger partial charge in [-0.05, 0) is 48.9 Å². The van der Waals surface area contributed by atoms with Gasteiger partial charge in [0.15, 0.2) is 0 Å². The van der Waals surface area contributed by atoms with Crippen LogP contribution in [-0.2, 0) is 11.3 Å². The van der Waals surface area contributed by atoms with Gasteiger partial charge in [-0.3, -0.25) is 4.79 Å². The number of nitrogens with one attached hydrogen (secondary N) is 1. The first-order chi connectivity index (χ1) is 13.5. The molecule has 28 heavy (non-hydrogen) atoms. The standard InChI is InChI=1S/C20H18FN3O2.CH2O/c1-13-5-10-18(19(22)24-13)20(25)23-12-14-6-8-16(9-7-14)26-17-4-2-3-15(21)11-17;1-2/h2-11H,12H2,1H3,(H2,22,24)(H,23,25);1H2. The maximum absolute atomic E-state index is 13.2. The van der Waals surface area contributed by atoms with E-state index < -0.39 is 0 Å². The lowest BCUT2D eigenvalue weighted by Gasteiger charge is -2.09. The largest absolute Gasteiger partial charge is 0.457 e. The first kappa shape index (κ1) is 20.6. The highest BCUT2D eigenvalue weighted by atomic mass is 19.1. The number of hydrogen-bond donors (Lipinski definition) is 2. The average molecular weight is 381 g/mol. The topological polar surface area (TPSA) is 94.3 Å². The number of nitrogen functional groups attached to an aromatic ring is 1. The number of aryl methyl sites for hydroxylation is 1. The van der Waals surface area contributed by atoms with Gasteiger partial charge in [-0.1, -0.05) is 18.2 Å². The van der Waals surface area contributed by atoms with Gasteiger partial charge < -0.3 is 20.6 Å². The van der Waals surface area contributed by atoms with Crippen molar-refractivity contribution in [3.63, 3.8) is 0 Å². The predicted octanol–water partition coefficient (Wildman–Crippen LogP) is 3.65. The Morgan fingerprint density at radius 2 is 1.82 bits per heavy atom. The fourth-order valence-corrected chi connectivity index (χ4v) is 2.39. The van der Waals surface area contributed by atoms with E-state index in [1.54, 1.807) is 36.4 Å². The van der Waals surface area contributed by atoms with Crippen molar-refractivity contribution in [2.24, 2.45) is 0 Å². The molecule has 0 atom stereocenters. The summed E-state index contributed by atoms with van der Waals surface area (Å²) in [6.45, 7) is 4.15. The first-order valence-corrected chi connectivity index (χ1v) is 8.34. The molecular formula is C21H20FN3O3. The molecule has 3 N–H and O–H groups in total. The van der Waals surface area contributed by atoms with Crippen LogP contribution in [0.4, 0.5) is 10.2 Å². The number of nitrogens with two attached hydrogens (primary N) is 1. The summed E-state index contributed by atoms with van der Waals surface area (Å²) in [7, 11) is 0. The molecule has 0 aliphatic heterocycles. The smallest absolute Gasteiger partial charge is 0.255 e. The summed E-state index contributed by atoms with van der Waals surface area (Å²) in [4.78, 5) is 24.3. The van der Waals surface area contributed by atoms with E-state index in [0.29, 0.717) is 23.6 Å². The second-order valence-electron chi connectivity index (χ2n) is 5.77. The maximum Gasteiger partial charge on any atom is 0.255 e. The molecular weight excluding hydrogens is 361 g/mol. The quantitative estimate of drug-likeness (QED) is 0.704. The lowest BCUT2D eigenvalue weighted by molar-refractivity contribution is -0.0980. The van der Waals surface area contributed by atoms with Gasteiger partial charge in [0.25, 0.3) is 5.91 Å². The highest BCUT2D eigenvalue weighted by molar-refractivity contribution is 5.98. The number of carbonyl (C=O) groups is 2. The summed E-state index contributed by atoms with van der Waals surface area (Å²) in [5, 5.41) is 2.80. The summed E-state index contributed by atoms with van der Waals surface area (Å²) in [6.07, 6.45) is 0. The summed E-state index contributed by atoms with van der Waals surface area (Å²) in [5.41, 5.74) is 7.78. The summed E-state index contributed by atoms with van der Waals surface area (Å²) in [5.74, 6) is 0.578. The molecule has 6 nitrogen and oxygen atoms in total. The Morgan fingerprint density at radius 3 is 2.46 bits per heavy atom. The Balaban J connectivity index is 0.00000136. The van der Waals surface area contributed by atoms with E-state index >= 15 is 0 Å². The Kier molecular flexibility index (Phi) is 7.21. The van der Waals surface area contributed by atoms with E-state index in [9.17, 15) is 9.18 Å². The number of aromatic nitrogens is 1. The van der Waals surface area contributed by atoms with Crippen LogP contribution in [0.2, 0.25) is 0 Å². The predicted molar refractivity (Wildman–Crippen MR) is 105 cm³/mol. The van der Waals surface area contributed by atoms with Crippen molar-refractivity contribution in [3.8, 4) is 11.5 Å². The van der Waals surface area contributed by atoms with Crippen LogP contribution < -0.4 is 15.8 Å². The van der Waals surface area contributed by atoms with Crippen molar-refractivity contribution < 1.29 is 18.7 Å². The Bertz CT molecular complexity index is 946. The number of rotatable bonds is 5. The van der Waals surface area contributed by atoms with Gasteiger partial charge in [0.05, 0.1) is 5.56 Å². The zero-order chi connectivity index (χ0) is 20.5. The minimum Gasteiger partial charge on any atom is -0.457 e. The molecule has 1 amide bonds. The SMILES string of the molecule is C=O.Cc1ccc(C(=O)NCc2ccc(Oc3cccc(F)c3)cc2)c(N)n1. The van der Waals surface area contributed by atoms with Crippen molar-refractivity contribution in [2.45, 2.75) is 13.5 Å². The molecule has 3 aromatic rings. The highest BCUT2D eigenvalue weighted by Crippen LogP contribution is 2.22. The second kappa shape index (κ2) is 9.82. The minimum absolute atomic E-state index is 0.210. The van der Waals surface area contributed by atoms with E-state index in [0.717, 1.165) is 11.3 Å². The number of carbonyl (C=O) groups excluding carboxylic acids is 2. The van der Waals surface area contributed by atoms with Gasteiger partial charge in [0.1, 0.15) is 29.9 Å². The third-order valence-corrected chi connectivity index (χ3v) is 3.72. The molecule has 0 radical (unpaired) electrons. The fourth-order valence-electron chi connectivity index (χ4n) is 2.39. The number of ether oxygens (including phenoxy) is 1. The van der Waals surface area contributed by atoms with Gasteiger partial charge in [-0.15, -0.1) is 0 Å².